The molecule has 0 saturated carbocycles. The van der Waals surface area contributed by atoms with E-state index in [4.69, 9.17) is 0 Å². The highest BCUT2D eigenvalue weighted by molar-refractivity contribution is 9.10. The monoisotopic (exact) mass is 255 g/mol. The Morgan fingerprint density at radius 1 is 1.73 bits per heavy atom. The number of carbonyl (C=O) groups is 1. The van der Waals surface area contributed by atoms with Crippen LogP contribution in [-0.2, 0) is 0 Å². The Hall–Kier alpha value is 0.1000. The van der Waals surface area contributed by atoms with Gasteiger partial charge in [-0.2, -0.15) is 0 Å². The van der Waals surface area contributed by atoms with Gasteiger partial charge in [0, 0.05) is 9.85 Å². The first kappa shape index (κ1) is 11.1. The molecule has 1 aromatic heterocycles. The molecule has 0 atom stereocenters. The number of thiophene rings is 1. The van der Waals surface area contributed by atoms with Gasteiger partial charge in [-0.15, -0.1) is 11.3 Å². The first-order valence-corrected chi connectivity index (χ1v) is 4.48. The fraction of sp³-hybridized carbons (Fsp3) is 0.167. The van der Waals surface area contributed by atoms with Crippen LogP contribution in [0.1, 0.15) is 9.67 Å². The van der Waals surface area contributed by atoms with Crippen LogP contribution in [0.3, 0.4) is 0 Å². The fourth-order valence-electron chi connectivity index (χ4n) is 0.582. The number of halogens is 2. The van der Waals surface area contributed by atoms with Crippen molar-refractivity contribution in [2.75, 3.05) is 6.54 Å². The average Bonchev–Trinajstić information content (AvgIpc) is 2.34. The van der Waals surface area contributed by atoms with E-state index in [1.165, 1.54) is 11.3 Å². The maximum atomic E-state index is 11.0. The lowest BCUT2D eigenvalue weighted by molar-refractivity contribution is -0.349. The van der Waals surface area contributed by atoms with Gasteiger partial charge in [-0.3, -0.25) is 4.79 Å². The van der Waals surface area contributed by atoms with E-state index >= 15 is 0 Å². The molecule has 0 radical (unpaired) electrons. The molecule has 11 heavy (non-hydrogen) atoms. The molecule has 0 saturated heterocycles. The molecule has 0 fully saturated rings. The second-order valence-electron chi connectivity index (χ2n) is 1.80. The van der Waals surface area contributed by atoms with Gasteiger partial charge in [0.1, 0.15) is 6.54 Å². The molecule has 0 aliphatic rings. The zero-order valence-corrected chi connectivity index (χ0v) is 8.80. The molecule has 0 aliphatic carbocycles. The van der Waals surface area contributed by atoms with Crippen LogP contribution in [0.5, 0.6) is 0 Å². The van der Waals surface area contributed by atoms with E-state index in [0.29, 0.717) is 6.54 Å². The van der Waals surface area contributed by atoms with Crippen molar-refractivity contribution in [2.45, 2.75) is 0 Å². The summed E-state index contributed by atoms with van der Waals surface area (Å²) >= 11 is 4.71. The molecular formula is C6H7BrClNOS. The summed E-state index contributed by atoms with van der Waals surface area (Å²) in [6.45, 7) is 0.340. The van der Waals surface area contributed by atoms with Crippen molar-refractivity contribution < 1.29 is 22.9 Å². The standard InChI is InChI=1S/C6H6BrNOS.ClH/c7-4-1-6(10-3-4)5(9)2-8;/h1,3H,2,8H2;1H. The molecule has 0 unspecified atom stereocenters. The van der Waals surface area contributed by atoms with Gasteiger partial charge in [-0.05, 0) is 22.0 Å². The third-order valence-electron chi connectivity index (χ3n) is 1.07. The van der Waals surface area contributed by atoms with Crippen molar-refractivity contribution in [1.29, 1.82) is 0 Å². The molecule has 1 rings (SSSR count). The second-order valence-corrected chi connectivity index (χ2v) is 3.63. The van der Waals surface area contributed by atoms with Crippen LogP contribution in [0.25, 0.3) is 0 Å². The lowest BCUT2D eigenvalue weighted by Crippen LogP contribution is -3.00. The van der Waals surface area contributed by atoms with Crippen LogP contribution in [0.2, 0.25) is 0 Å². The topological polar surface area (TPSA) is 44.7 Å². The predicted octanol–water partition coefficient (Wildman–Crippen LogP) is -2.06. The number of Topliss-reactive ketones (excluding diaryl/α,β-unsaturated/α-hetero) is 1. The van der Waals surface area contributed by atoms with Gasteiger partial charge >= 0.3 is 0 Å². The summed E-state index contributed by atoms with van der Waals surface area (Å²) in [6, 6.07) is 1.82. The lowest BCUT2D eigenvalue weighted by Gasteiger charge is -1.84. The van der Waals surface area contributed by atoms with Gasteiger partial charge in [-0.1, -0.05) is 0 Å². The minimum atomic E-state index is 0. The molecule has 0 aliphatic heterocycles. The van der Waals surface area contributed by atoms with Crippen LogP contribution in [0.4, 0.5) is 0 Å². The van der Waals surface area contributed by atoms with Crippen LogP contribution >= 0.6 is 27.3 Å². The van der Waals surface area contributed by atoms with E-state index < -0.39 is 0 Å². The van der Waals surface area contributed by atoms with Gasteiger partial charge in [0.25, 0.3) is 0 Å². The summed E-state index contributed by atoms with van der Waals surface area (Å²) in [5, 5.41) is 1.89. The van der Waals surface area contributed by atoms with Crippen LogP contribution in [-0.4, -0.2) is 12.3 Å². The molecule has 0 bridgehead atoms. The molecule has 2 nitrogen and oxygen atoms in total. The SMILES string of the molecule is [Cl-].[NH3+]CC(=O)c1cc(Br)cs1. The normalized spacial score (nSPS) is 8.91. The fourth-order valence-corrected chi connectivity index (χ4v) is 1.98. The average molecular weight is 257 g/mol. The Bertz CT molecular complexity index is 250. The van der Waals surface area contributed by atoms with Crippen molar-refractivity contribution in [3.63, 3.8) is 0 Å². The summed E-state index contributed by atoms with van der Waals surface area (Å²) in [5.74, 6) is 0.107. The van der Waals surface area contributed by atoms with Crippen molar-refractivity contribution in [1.82, 2.24) is 0 Å². The smallest absolute Gasteiger partial charge is 0.226 e. The highest BCUT2D eigenvalue weighted by atomic mass is 79.9. The minimum absolute atomic E-state index is 0. The van der Waals surface area contributed by atoms with Crippen molar-refractivity contribution in [3.8, 4) is 0 Å². The van der Waals surface area contributed by atoms with Crippen LogP contribution in [0, 0.1) is 0 Å². The Kier molecular flexibility index (Phi) is 4.92. The van der Waals surface area contributed by atoms with Gasteiger partial charge in [0.2, 0.25) is 5.78 Å². The Balaban J connectivity index is 0.000001000. The molecule has 3 N–H and O–H groups in total. The maximum Gasteiger partial charge on any atom is 0.226 e. The summed E-state index contributed by atoms with van der Waals surface area (Å²) in [4.78, 5) is 11.7. The first-order chi connectivity index (χ1) is 4.74. The summed E-state index contributed by atoms with van der Waals surface area (Å²) < 4.78 is 0.967. The lowest BCUT2D eigenvalue weighted by atomic mass is 10.3. The van der Waals surface area contributed by atoms with Gasteiger partial charge in [-0.25, -0.2) is 0 Å². The zero-order chi connectivity index (χ0) is 7.56. The second kappa shape index (κ2) is 4.87. The van der Waals surface area contributed by atoms with Crippen LogP contribution < -0.4 is 18.1 Å². The largest absolute Gasteiger partial charge is 1.00 e. The van der Waals surface area contributed by atoms with Crippen LogP contribution in [0.15, 0.2) is 15.9 Å². The highest BCUT2D eigenvalue weighted by Crippen LogP contribution is 2.19. The van der Waals surface area contributed by atoms with E-state index in [0.717, 1.165) is 9.35 Å². The predicted molar refractivity (Wildman–Crippen MR) is 44.1 cm³/mol. The Morgan fingerprint density at radius 2 is 2.36 bits per heavy atom. The maximum absolute atomic E-state index is 11.0. The zero-order valence-electron chi connectivity index (χ0n) is 5.64. The molecule has 1 heterocycles. The number of hydrogen-bond acceptors (Lipinski definition) is 2. The van der Waals surface area contributed by atoms with E-state index in [1.807, 2.05) is 11.4 Å². The number of quaternary nitrogens is 1. The Morgan fingerprint density at radius 3 is 2.73 bits per heavy atom. The summed E-state index contributed by atoms with van der Waals surface area (Å²) in [7, 11) is 0. The van der Waals surface area contributed by atoms with E-state index in [9.17, 15) is 4.79 Å². The Labute approximate surface area is 83.3 Å². The van der Waals surface area contributed by atoms with Gasteiger partial charge in [0.05, 0.1) is 4.88 Å². The number of ketones is 1. The molecule has 0 aromatic carbocycles. The molecular weight excluding hydrogens is 249 g/mol. The quantitative estimate of drug-likeness (QED) is 0.608. The van der Waals surface area contributed by atoms with Gasteiger partial charge in [0.15, 0.2) is 0 Å². The van der Waals surface area contributed by atoms with E-state index in [-0.39, 0.29) is 18.2 Å². The summed E-state index contributed by atoms with van der Waals surface area (Å²) in [6.07, 6.45) is 0. The van der Waals surface area contributed by atoms with Crippen molar-refractivity contribution in [2.24, 2.45) is 0 Å². The molecule has 62 valence electrons. The number of rotatable bonds is 2. The molecule has 0 spiro atoms. The van der Waals surface area contributed by atoms with E-state index in [2.05, 4.69) is 21.7 Å². The third-order valence-corrected chi connectivity index (χ3v) is 2.80. The molecule has 5 heteroatoms. The van der Waals surface area contributed by atoms with Crippen molar-refractivity contribution >= 4 is 33.0 Å². The molecule has 0 amide bonds. The minimum Gasteiger partial charge on any atom is -1.00 e. The third kappa shape index (κ3) is 2.91. The van der Waals surface area contributed by atoms with Crippen molar-refractivity contribution in [3.05, 3.63) is 20.8 Å². The van der Waals surface area contributed by atoms with Gasteiger partial charge < -0.3 is 18.1 Å². The molecule has 1 aromatic rings. The summed E-state index contributed by atoms with van der Waals surface area (Å²) in [5.41, 5.74) is 3.51. The number of hydrogen-bond donors (Lipinski definition) is 1. The first-order valence-electron chi connectivity index (χ1n) is 2.80. The highest BCUT2D eigenvalue weighted by Gasteiger charge is 2.06. The van der Waals surface area contributed by atoms with E-state index in [1.54, 1.807) is 0 Å². The number of carbonyl (C=O) groups excluding carboxylic acids is 1.